The SMILES string of the molecule is Cc1nc2cc(N)ccc2n1C1CCOC1C1CC1. The molecule has 4 nitrogen and oxygen atoms in total. The molecule has 4 rings (SSSR count). The summed E-state index contributed by atoms with van der Waals surface area (Å²) in [4.78, 5) is 4.66. The fourth-order valence-electron chi connectivity index (χ4n) is 3.41. The highest BCUT2D eigenvalue weighted by Crippen LogP contribution is 2.44. The molecule has 1 aromatic heterocycles. The summed E-state index contributed by atoms with van der Waals surface area (Å²) in [6.45, 7) is 2.96. The molecule has 1 aliphatic carbocycles. The van der Waals surface area contributed by atoms with Crippen LogP contribution in [0, 0.1) is 12.8 Å². The highest BCUT2D eigenvalue weighted by Gasteiger charge is 2.42. The molecular weight excluding hydrogens is 238 g/mol. The predicted octanol–water partition coefficient (Wildman–Crippen LogP) is 2.67. The molecule has 0 amide bonds. The van der Waals surface area contributed by atoms with Crippen LogP contribution in [0.4, 0.5) is 5.69 Å². The van der Waals surface area contributed by atoms with Crippen LogP contribution in [0.5, 0.6) is 0 Å². The second-order valence-corrected chi connectivity index (χ2v) is 5.81. The van der Waals surface area contributed by atoms with Gasteiger partial charge in [0.25, 0.3) is 0 Å². The number of ether oxygens (including phenoxy) is 1. The Balaban J connectivity index is 1.83. The molecule has 1 saturated heterocycles. The number of nitrogen functional groups attached to an aromatic ring is 1. The van der Waals surface area contributed by atoms with Crippen LogP contribution in [0.15, 0.2) is 18.2 Å². The molecule has 2 heterocycles. The highest BCUT2D eigenvalue weighted by molar-refractivity contribution is 5.79. The van der Waals surface area contributed by atoms with E-state index >= 15 is 0 Å². The molecule has 2 unspecified atom stereocenters. The third-order valence-electron chi connectivity index (χ3n) is 4.41. The Morgan fingerprint density at radius 1 is 1.32 bits per heavy atom. The van der Waals surface area contributed by atoms with Crippen molar-refractivity contribution in [2.24, 2.45) is 5.92 Å². The fourth-order valence-corrected chi connectivity index (χ4v) is 3.41. The summed E-state index contributed by atoms with van der Waals surface area (Å²) in [6.07, 6.45) is 4.12. The molecular formula is C15H19N3O. The largest absolute Gasteiger partial charge is 0.399 e. The molecule has 0 spiro atoms. The Bertz CT molecular complexity index is 630. The van der Waals surface area contributed by atoms with Gasteiger partial charge in [0.2, 0.25) is 0 Å². The summed E-state index contributed by atoms with van der Waals surface area (Å²) in [5.41, 5.74) is 8.81. The van der Waals surface area contributed by atoms with Gasteiger partial charge < -0.3 is 15.0 Å². The molecule has 19 heavy (non-hydrogen) atoms. The summed E-state index contributed by atoms with van der Waals surface area (Å²) in [5.74, 6) is 1.83. The van der Waals surface area contributed by atoms with Crippen LogP contribution in [0.2, 0.25) is 0 Å². The molecule has 1 aromatic carbocycles. The minimum absolute atomic E-state index is 0.383. The normalized spacial score (nSPS) is 27.2. The van der Waals surface area contributed by atoms with E-state index in [-0.39, 0.29) is 0 Å². The van der Waals surface area contributed by atoms with Gasteiger partial charge in [-0.3, -0.25) is 0 Å². The number of anilines is 1. The van der Waals surface area contributed by atoms with Gasteiger partial charge in [0.1, 0.15) is 5.82 Å². The first-order valence-electron chi connectivity index (χ1n) is 7.10. The Morgan fingerprint density at radius 2 is 2.16 bits per heavy atom. The smallest absolute Gasteiger partial charge is 0.107 e. The minimum Gasteiger partial charge on any atom is -0.399 e. The molecule has 1 aliphatic heterocycles. The van der Waals surface area contributed by atoms with Crippen LogP contribution >= 0.6 is 0 Å². The number of nitrogens with zero attached hydrogens (tertiary/aromatic N) is 2. The number of imidazole rings is 1. The number of hydrogen-bond acceptors (Lipinski definition) is 3. The van der Waals surface area contributed by atoms with E-state index in [1.54, 1.807) is 0 Å². The van der Waals surface area contributed by atoms with Gasteiger partial charge in [-0.25, -0.2) is 4.98 Å². The zero-order valence-electron chi connectivity index (χ0n) is 11.2. The highest BCUT2D eigenvalue weighted by atomic mass is 16.5. The van der Waals surface area contributed by atoms with E-state index in [1.807, 2.05) is 12.1 Å². The van der Waals surface area contributed by atoms with Crippen LogP contribution in [0.3, 0.4) is 0 Å². The number of fused-ring (bicyclic) bond motifs is 1. The molecule has 0 radical (unpaired) electrons. The number of rotatable bonds is 2. The first-order chi connectivity index (χ1) is 9.24. The van der Waals surface area contributed by atoms with E-state index in [4.69, 9.17) is 10.5 Å². The summed E-state index contributed by atoms with van der Waals surface area (Å²) in [7, 11) is 0. The van der Waals surface area contributed by atoms with Crippen molar-refractivity contribution in [3.05, 3.63) is 24.0 Å². The Labute approximate surface area is 112 Å². The van der Waals surface area contributed by atoms with Gasteiger partial charge in [-0.15, -0.1) is 0 Å². The third-order valence-corrected chi connectivity index (χ3v) is 4.41. The van der Waals surface area contributed by atoms with Gasteiger partial charge >= 0.3 is 0 Å². The molecule has 2 aromatic rings. The predicted molar refractivity (Wildman–Crippen MR) is 75.0 cm³/mol. The van der Waals surface area contributed by atoms with Gasteiger partial charge in [0.05, 0.1) is 23.2 Å². The van der Waals surface area contributed by atoms with Crippen LogP contribution in [0.25, 0.3) is 11.0 Å². The van der Waals surface area contributed by atoms with Crippen LogP contribution < -0.4 is 5.73 Å². The van der Waals surface area contributed by atoms with Crippen LogP contribution in [-0.4, -0.2) is 22.3 Å². The number of hydrogen-bond donors (Lipinski definition) is 1. The zero-order chi connectivity index (χ0) is 13.0. The molecule has 100 valence electrons. The van der Waals surface area contributed by atoms with Crippen molar-refractivity contribution < 1.29 is 4.74 Å². The lowest BCUT2D eigenvalue weighted by Gasteiger charge is -2.21. The minimum atomic E-state index is 0.383. The van der Waals surface area contributed by atoms with Crippen molar-refractivity contribution >= 4 is 16.7 Å². The molecule has 1 saturated carbocycles. The average Bonchev–Trinajstić information content (AvgIpc) is 3.02. The van der Waals surface area contributed by atoms with Gasteiger partial charge in [-0.05, 0) is 50.3 Å². The van der Waals surface area contributed by atoms with E-state index in [1.165, 1.54) is 18.4 Å². The quantitative estimate of drug-likeness (QED) is 0.841. The van der Waals surface area contributed by atoms with Crippen molar-refractivity contribution in [3.8, 4) is 0 Å². The van der Waals surface area contributed by atoms with E-state index in [0.29, 0.717) is 12.1 Å². The van der Waals surface area contributed by atoms with Crippen LogP contribution in [0.1, 0.15) is 31.1 Å². The van der Waals surface area contributed by atoms with Gasteiger partial charge in [-0.2, -0.15) is 0 Å². The van der Waals surface area contributed by atoms with E-state index in [2.05, 4.69) is 22.5 Å². The second kappa shape index (κ2) is 3.97. The van der Waals surface area contributed by atoms with Crippen molar-refractivity contribution in [2.45, 2.75) is 38.3 Å². The Morgan fingerprint density at radius 3 is 2.95 bits per heavy atom. The number of aryl methyl sites for hydroxylation is 1. The number of nitrogens with two attached hydrogens (primary N) is 1. The molecule has 2 atom stereocenters. The first kappa shape index (κ1) is 11.3. The Hall–Kier alpha value is -1.55. The topological polar surface area (TPSA) is 53.1 Å². The maximum Gasteiger partial charge on any atom is 0.107 e. The van der Waals surface area contributed by atoms with E-state index in [9.17, 15) is 0 Å². The summed E-state index contributed by atoms with van der Waals surface area (Å²) in [6, 6.07) is 6.46. The van der Waals surface area contributed by atoms with E-state index < -0.39 is 0 Å². The lowest BCUT2D eigenvalue weighted by molar-refractivity contribution is 0.0754. The number of benzene rings is 1. The average molecular weight is 257 g/mol. The maximum atomic E-state index is 5.97. The molecule has 4 heteroatoms. The summed E-state index contributed by atoms with van der Waals surface area (Å²) < 4.78 is 8.33. The molecule has 2 aliphatic rings. The second-order valence-electron chi connectivity index (χ2n) is 5.81. The van der Waals surface area contributed by atoms with Gasteiger partial charge in [0, 0.05) is 12.3 Å². The van der Waals surface area contributed by atoms with Crippen molar-refractivity contribution in [2.75, 3.05) is 12.3 Å². The van der Waals surface area contributed by atoms with Gasteiger partial charge in [-0.1, -0.05) is 0 Å². The summed E-state index contributed by atoms with van der Waals surface area (Å²) >= 11 is 0. The monoisotopic (exact) mass is 257 g/mol. The standard InChI is InChI=1S/C15H19N3O/c1-9-17-12-8-11(16)4-5-13(12)18(9)14-6-7-19-15(14)10-2-3-10/h4-5,8,10,14-15H,2-3,6-7,16H2,1H3. The maximum absolute atomic E-state index is 5.97. The van der Waals surface area contributed by atoms with Gasteiger partial charge in [0.15, 0.2) is 0 Å². The first-order valence-corrected chi connectivity index (χ1v) is 7.10. The lowest BCUT2D eigenvalue weighted by atomic mass is 10.1. The third kappa shape index (κ3) is 1.74. The van der Waals surface area contributed by atoms with E-state index in [0.717, 1.165) is 36.0 Å². The molecule has 0 bridgehead atoms. The fraction of sp³-hybridized carbons (Fsp3) is 0.533. The van der Waals surface area contributed by atoms with Crippen molar-refractivity contribution in [1.29, 1.82) is 0 Å². The van der Waals surface area contributed by atoms with Crippen molar-refractivity contribution in [3.63, 3.8) is 0 Å². The molecule has 2 fully saturated rings. The van der Waals surface area contributed by atoms with Crippen molar-refractivity contribution in [1.82, 2.24) is 9.55 Å². The lowest BCUT2D eigenvalue weighted by Crippen LogP contribution is -2.22. The zero-order valence-corrected chi connectivity index (χ0v) is 11.2. The Kier molecular flexibility index (Phi) is 2.36. The van der Waals surface area contributed by atoms with Crippen LogP contribution in [-0.2, 0) is 4.74 Å². The number of aromatic nitrogens is 2. The molecule has 2 N–H and O–H groups in total. The summed E-state index contributed by atoms with van der Waals surface area (Å²) in [5, 5.41) is 0.